The van der Waals surface area contributed by atoms with Crippen LogP contribution < -0.4 is 5.73 Å². The third-order valence-corrected chi connectivity index (χ3v) is 3.92. The van der Waals surface area contributed by atoms with Crippen molar-refractivity contribution in [2.45, 2.75) is 38.3 Å². The molecule has 2 nitrogen and oxygen atoms in total. The van der Waals surface area contributed by atoms with Crippen LogP contribution in [0.15, 0.2) is 24.3 Å². The first-order valence-electron chi connectivity index (χ1n) is 6.28. The summed E-state index contributed by atoms with van der Waals surface area (Å²) in [5.41, 5.74) is 6.69. The van der Waals surface area contributed by atoms with E-state index < -0.39 is 0 Å². The van der Waals surface area contributed by atoms with Crippen LogP contribution in [0.2, 0.25) is 0 Å². The van der Waals surface area contributed by atoms with E-state index in [1.807, 2.05) is 6.07 Å². The van der Waals surface area contributed by atoms with E-state index in [-0.39, 0.29) is 17.4 Å². The first-order valence-corrected chi connectivity index (χ1v) is 6.28. The van der Waals surface area contributed by atoms with Gasteiger partial charge in [0.25, 0.3) is 0 Å². The van der Waals surface area contributed by atoms with E-state index in [0.717, 1.165) is 13.1 Å². The van der Waals surface area contributed by atoms with E-state index in [1.54, 1.807) is 12.1 Å². The van der Waals surface area contributed by atoms with Crippen molar-refractivity contribution in [3.63, 3.8) is 0 Å². The largest absolute Gasteiger partial charge is 0.322 e. The number of hydrogen-bond acceptors (Lipinski definition) is 2. The van der Waals surface area contributed by atoms with E-state index in [0.29, 0.717) is 5.56 Å². The van der Waals surface area contributed by atoms with Crippen LogP contribution in [0.25, 0.3) is 0 Å². The summed E-state index contributed by atoms with van der Waals surface area (Å²) < 4.78 is 13.8. The Bertz CT molecular complexity index is 384. The Morgan fingerprint density at radius 1 is 1.24 bits per heavy atom. The second-order valence-corrected chi connectivity index (χ2v) is 5.35. The van der Waals surface area contributed by atoms with Crippen LogP contribution in [0.3, 0.4) is 0 Å². The summed E-state index contributed by atoms with van der Waals surface area (Å²) in [6, 6.07) is 6.53. The number of likely N-dealkylation sites (tertiary alicyclic amines) is 1. The lowest BCUT2D eigenvalue weighted by atomic mass is 9.87. The molecule has 3 heteroatoms. The first kappa shape index (κ1) is 12.5. The predicted molar refractivity (Wildman–Crippen MR) is 68.2 cm³/mol. The molecular formula is C14H21FN2. The average Bonchev–Trinajstić information content (AvgIpc) is 2.83. The number of hydrogen-bond donors (Lipinski definition) is 1. The predicted octanol–water partition coefficient (Wildman–Crippen LogP) is 2.70. The summed E-state index contributed by atoms with van der Waals surface area (Å²) in [5.74, 6) is -0.202. The topological polar surface area (TPSA) is 29.3 Å². The monoisotopic (exact) mass is 236 g/mol. The Kier molecular flexibility index (Phi) is 3.50. The van der Waals surface area contributed by atoms with Crippen molar-refractivity contribution in [1.29, 1.82) is 0 Å². The molecule has 1 saturated heterocycles. The molecule has 0 radical (unpaired) electrons. The Balaban J connectivity index is 2.24. The highest BCUT2D eigenvalue weighted by molar-refractivity contribution is 5.24. The molecule has 0 saturated carbocycles. The van der Waals surface area contributed by atoms with Crippen LogP contribution in [-0.2, 0) is 0 Å². The van der Waals surface area contributed by atoms with Crippen molar-refractivity contribution in [3.05, 3.63) is 35.6 Å². The molecule has 1 fully saturated rings. The van der Waals surface area contributed by atoms with Gasteiger partial charge in [-0.25, -0.2) is 4.39 Å². The smallest absolute Gasteiger partial charge is 0.128 e. The van der Waals surface area contributed by atoms with Gasteiger partial charge in [0.05, 0.1) is 6.04 Å². The van der Waals surface area contributed by atoms with Crippen molar-refractivity contribution in [3.8, 4) is 0 Å². The van der Waals surface area contributed by atoms with Gasteiger partial charge in [-0.1, -0.05) is 18.2 Å². The number of benzene rings is 1. The Morgan fingerprint density at radius 2 is 1.82 bits per heavy atom. The van der Waals surface area contributed by atoms with Crippen molar-refractivity contribution in [2.24, 2.45) is 5.73 Å². The summed E-state index contributed by atoms with van der Waals surface area (Å²) in [6.07, 6.45) is 2.43. The van der Waals surface area contributed by atoms with E-state index in [4.69, 9.17) is 5.73 Å². The average molecular weight is 236 g/mol. The molecule has 0 bridgehead atoms. The van der Waals surface area contributed by atoms with Crippen LogP contribution in [0.4, 0.5) is 4.39 Å². The summed E-state index contributed by atoms with van der Waals surface area (Å²) in [7, 11) is 0. The van der Waals surface area contributed by atoms with Crippen molar-refractivity contribution < 1.29 is 4.39 Å². The van der Waals surface area contributed by atoms with Gasteiger partial charge in [0, 0.05) is 11.1 Å². The molecule has 0 aliphatic carbocycles. The van der Waals surface area contributed by atoms with Gasteiger partial charge in [0.15, 0.2) is 0 Å². The minimum atomic E-state index is -0.290. The fraction of sp³-hybridized carbons (Fsp3) is 0.571. The van der Waals surface area contributed by atoms with E-state index in [1.165, 1.54) is 18.9 Å². The maximum atomic E-state index is 13.8. The van der Waals surface area contributed by atoms with Gasteiger partial charge >= 0.3 is 0 Å². The summed E-state index contributed by atoms with van der Waals surface area (Å²) in [6.45, 7) is 6.34. The highest BCUT2D eigenvalue weighted by Gasteiger charge is 2.36. The van der Waals surface area contributed by atoms with Crippen LogP contribution in [0.5, 0.6) is 0 Å². The molecule has 1 heterocycles. The number of halogens is 1. The van der Waals surface area contributed by atoms with Crippen LogP contribution in [0.1, 0.15) is 38.3 Å². The van der Waals surface area contributed by atoms with Gasteiger partial charge in [0.2, 0.25) is 0 Å². The van der Waals surface area contributed by atoms with Crippen molar-refractivity contribution in [2.75, 3.05) is 13.1 Å². The van der Waals surface area contributed by atoms with E-state index in [9.17, 15) is 4.39 Å². The van der Waals surface area contributed by atoms with Crippen molar-refractivity contribution in [1.82, 2.24) is 4.90 Å². The van der Waals surface area contributed by atoms with E-state index in [2.05, 4.69) is 18.7 Å². The Morgan fingerprint density at radius 3 is 2.41 bits per heavy atom. The highest BCUT2D eigenvalue weighted by atomic mass is 19.1. The fourth-order valence-corrected chi connectivity index (χ4v) is 2.60. The van der Waals surface area contributed by atoms with Crippen LogP contribution in [0, 0.1) is 5.82 Å². The molecule has 94 valence electrons. The maximum absolute atomic E-state index is 13.8. The number of nitrogens with two attached hydrogens (primary N) is 1. The summed E-state index contributed by atoms with van der Waals surface area (Å²) >= 11 is 0. The molecule has 2 rings (SSSR count). The minimum Gasteiger partial charge on any atom is -0.322 e. The van der Waals surface area contributed by atoms with Gasteiger partial charge in [-0.3, -0.25) is 4.90 Å². The molecule has 1 aliphatic rings. The quantitative estimate of drug-likeness (QED) is 0.874. The lowest BCUT2D eigenvalue weighted by Crippen LogP contribution is -2.50. The third-order valence-electron chi connectivity index (χ3n) is 3.92. The standard InChI is InChI=1S/C14H21FN2/c1-14(2,17-9-5-6-10-17)13(16)11-7-3-4-8-12(11)15/h3-4,7-8,13H,5-6,9-10,16H2,1-2H3. The van der Waals surface area contributed by atoms with Gasteiger partial charge in [-0.15, -0.1) is 0 Å². The van der Waals surface area contributed by atoms with Gasteiger partial charge in [-0.2, -0.15) is 0 Å². The van der Waals surface area contributed by atoms with Gasteiger partial charge < -0.3 is 5.73 Å². The van der Waals surface area contributed by atoms with Crippen molar-refractivity contribution >= 4 is 0 Å². The number of nitrogens with zero attached hydrogens (tertiary/aromatic N) is 1. The van der Waals surface area contributed by atoms with E-state index >= 15 is 0 Å². The number of rotatable bonds is 3. The molecule has 17 heavy (non-hydrogen) atoms. The van der Waals surface area contributed by atoms with Gasteiger partial charge in [0.1, 0.15) is 5.82 Å². The van der Waals surface area contributed by atoms with Gasteiger partial charge in [-0.05, 0) is 45.8 Å². The Labute approximate surface area is 103 Å². The second-order valence-electron chi connectivity index (χ2n) is 5.35. The first-order chi connectivity index (χ1) is 8.03. The SMILES string of the molecule is CC(C)(C(N)c1ccccc1F)N1CCCC1. The molecule has 0 amide bonds. The molecule has 2 N–H and O–H groups in total. The zero-order valence-electron chi connectivity index (χ0n) is 10.6. The third kappa shape index (κ3) is 2.35. The lowest BCUT2D eigenvalue weighted by molar-refractivity contribution is 0.122. The molecule has 0 spiro atoms. The normalized spacial score (nSPS) is 19.5. The second kappa shape index (κ2) is 4.75. The highest BCUT2D eigenvalue weighted by Crippen LogP contribution is 2.32. The molecule has 1 aromatic carbocycles. The zero-order valence-corrected chi connectivity index (χ0v) is 10.6. The molecule has 1 aromatic rings. The zero-order chi connectivity index (χ0) is 12.5. The fourth-order valence-electron chi connectivity index (χ4n) is 2.60. The molecule has 1 atom stereocenters. The maximum Gasteiger partial charge on any atom is 0.128 e. The Hall–Kier alpha value is -0.930. The minimum absolute atomic E-state index is 0.196. The molecule has 1 unspecified atom stereocenters. The molecular weight excluding hydrogens is 215 g/mol. The van der Waals surface area contributed by atoms with Crippen LogP contribution in [-0.4, -0.2) is 23.5 Å². The molecule has 0 aromatic heterocycles. The molecule has 1 aliphatic heterocycles. The lowest BCUT2D eigenvalue weighted by Gasteiger charge is -2.40. The summed E-state index contributed by atoms with van der Waals surface area (Å²) in [5, 5.41) is 0. The summed E-state index contributed by atoms with van der Waals surface area (Å²) in [4.78, 5) is 2.37. The van der Waals surface area contributed by atoms with Crippen LogP contribution >= 0.6 is 0 Å².